The summed E-state index contributed by atoms with van der Waals surface area (Å²) in [6.07, 6.45) is 1.44. The van der Waals surface area contributed by atoms with E-state index in [1.165, 1.54) is 13.4 Å². The molecule has 6 heteroatoms. The predicted molar refractivity (Wildman–Crippen MR) is 69.6 cm³/mol. The van der Waals surface area contributed by atoms with Crippen LogP contribution < -0.4 is 10.6 Å². The van der Waals surface area contributed by atoms with Gasteiger partial charge in [0.2, 0.25) is 11.7 Å². The standard InChI is InChI=1S/C13H20N2O4/c1-13(2,12(17)14-3)8-15-7-9-5-6-19-10(9)11(16)18-4/h5-6,15H,7-8H2,1-4H3,(H,14,17). The Morgan fingerprint density at radius 3 is 2.68 bits per heavy atom. The Kier molecular flexibility index (Phi) is 5.11. The van der Waals surface area contributed by atoms with Gasteiger partial charge in [-0.2, -0.15) is 0 Å². The van der Waals surface area contributed by atoms with Crippen LogP contribution in [0.2, 0.25) is 0 Å². The van der Waals surface area contributed by atoms with Gasteiger partial charge >= 0.3 is 5.97 Å². The lowest BCUT2D eigenvalue weighted by Gasteiger charge is -2.22. The van der Waals surface area contributed by atoms with Gasteiger partial charge in [-0.15, -0.1) is 0 Å². The molecule has 0 bridgehead atoms. The van der Waals surface area contributed by atoms with Crippen LogP contribution >= 0.6 is 0 Å². The van der Waals surface area contributed by atoms with Crippen molar-refractivity contribution in [2.75, 3.05) is 20.7 Å². The maximum absolute atomic E-state index is 11.6. The average molecular weight is 268 g/mol. The van der Waals surface area contributed by atoms with Gasteiger partial charge in [0.15, 0.2) is 0 Å². The third kappa shape index (κ3) is 3.82. The molecule has 0 saturated carbocycles. The summed E-state index contributed by atoms with van der Waals surface area (Å²) in [5, 5.41) is 5.75. The molecule has 1 heterocycles. The highest BCUT2D eigenvalue weighted by molar-refractivity contribution is 5.87. The fraction of sp³-hybridized carbons (Fsp3) is 0.538. The normalized spacial score (nSPS) is 11.2. The highest BCUT2D eigenvalue weighted by atomic mass is 16.5. The molecule has 1 rings (SSSR count). The minimum atomic E-state index is -0.524. The molecule has 0 radical (unpaired) electrons. The second-order valence-corrected chi connectivity index (χ2v) is 4.83. The molecule has 0 fully saturated rings. The van der Waals surface area contributed by atoms with E-state index in [4.69, 9.17) is 4.42 Å². The summed E-state index contributed by atoms with van der Waals surface area (Å²) in [5.74, 6) is -0.361. The highest BCUT2D eigenvalue weighted by Crippen LogP contribution is 2.15. The Morgan fingerprint density at radius 2 is 2.11 bits per heavy atom. The van der Waals surface area contributed by atoms with Crippen LogP contribution in [-0.2, 0) is 16.1 Å². The molecular weight excluding hydrogens is 248 g/mol. The van der Waals surface area contributed by atoms with Crippen LogP contribution in [0.4, 0.5) is 0 Å². The summed E-state index contributed by atoms with van der Waals surface area (Å²) in [6, 6.07) is 1.70. The van der Waals surface area contributed by atoms with Crippen molar-refractivity contribution in [1.82, 2.24) is 10.6 Å². The van der Waals surface area contributed by atoms with E-state index in [-0.39, 0.29) is 11.7 Å². The molecule has 0 aromatic carbocycles. The zero-order valence-corrected chi connectivity index (χ0v) is 11.7. The highest BCUT2D eigenvalue weighted by Gasteiger charge is 2.26. The molecule has 0 saturated heterocycles. The first-order valence-electron chi connectivity index (χ1n) is 6.00. The summed E-state index contributed by atoms with van der Waals surface area (Å²) in [5.41, 5.74) is 0.184. The molecule has 0 aliphatic rings. The van der Waals surface area contributed by atoms with E-state index < -0.39 is 11.4 Å². The number of esters is 1. The lowest BCUT2D eigenvalue weighted by atomic mass is 9.92. The Hall–Kier alpha value is -1.82. The van der Waals surface area contributed by atoms with E-state index in [1.807, 2.05) is 13.8 Å². The maximum atomic E-state index is 11.6. The smallest absolute Gasteiger partial charge is 0.374 e. The molecular formula is C13H20N2O4. The number of ether oxygens (including phenoxy) is 1. The van der Waals surface area contributed by atoms with E-state index in [2.05, 4.69) is 15.4 Å². The minimum absolute atomic E-state index is 0.0413. The Balaban J connectivity index is 2.57. The fourth-order valence-electron chi connectivity index (χ4n) is 1.68. The summed E-state index contributed by atoms with van der Waals surface area (Å²) >= 11 is 0. The van der Waals surface area contributed by atoms with Gasteiger partial charge in [0.1, 0.15) is 0 Å². The first-order chi connectivity index (χ1) is 8.92. The molecule has 0 aliphatic carbocycles. The molecule has 1 aromatic heterocycles. The lowest BCUT2D eigenvalue weighted by Crippen LogP contribution is -2.41. The van der Waals surface area contributed by atoms with Gasteiger partial charge in [0.25, 0.3) is 0 Å². The number of hydrogen-bond donors (Lipinski definition) is 2. The van der Waals surface area contributed by atoms with Crippen molar-refractivity contribution in [2.24, 2.45) is 5.41 Å². The van der Waals surface area contributed by atoms with Crippen LogP contribution in [0.5, 0.6) is 0 Å². The molecule has 0 spiro atoms. The third-order valence-corrected chi connectivity index (χ3v) is 2.84. The fourth-order valence-corrected chi connectivity index (χ4v) is 1.68. The van der Waals surface area contributed by atoms with E-state index in [0.717, 1.165) is 0 Å². The van der Waals surface area contributed by atoms with Crippen molar-refractivity contribution in [3.63, 3.8) is 0 Å². The maximum Gasteiger partial charge on any atom is 0.374 e. The van der Waals surface area contributed by atoms with Crippen LogP contribution in [0.25, 0.3) is 0 Å². The minimum Gasteiger partial charge on any atom is -0.463 e. The first kappa shape index (κ1) is 15.2. The molecule has 19 heavy (non-hydrogen) atoms. The Labute approximate surface area is 112 Å². The average Bonchev–Trinajstić information content (AvgIpc) is 2.84. The van der Waals surface area contributed by atoms with Crippen molar-refractivity contribution in [3.05, 3.63) is 23.7 Å². The zero-order valence-electron chi connectivity index (χ0n) is 11.7. The molecule has 0 unspecified atom stereocenters. The summed E-state index contributed by atoms with van der Waals surface area (Å²) in [6.45, 7) is 4.60. The van der Waals surface area contributed by atoms with Crippen molar-refractivity contribution in [1.29, 1.82) is 0 Å². The van der Waals surface area contributed by atoms with E-state index >= 15 is 0 Å². The van der Waals surface area contributed by atoms with Crippen LogP contribution in [-0.4, -0.2) is 32.6 Å². The summed E-state index contributed by atoms with van der Waals surface area (Å²) in [7, 11) is 2.91. The van der Waals surface area contributed by atoms with E-state index in [9.17, 15) is 9.59 Å². The number of nitrogens with one attached hydrogen (secondary N) is 2. The molecule has 0 aliphatic heterocycles. The quantitative estimate of drug-likeness (QED) is 0.750. The number of amides is 1. The Bertz CT molecular complexity index is 451. The number of hydrogen-bond acceptors (Lipinski definition) is 5. The van der Waals surface area contributed by atoms with Gasteiger partial charge in [0.05, 0.1) is 18.8 Å². The largest absolute Gasteiger partial charge is 0.463 e. The van der Waals surface area contributed by atoms with Gasteiger partial charge in [-0.1, -0.05) is 0 Å². The lowest BCUT2D eigenvalue weighted by molar-refractivity contribution is -0.128. The number of carbonyl (C=O) groups is 2. The monoisotopic (exact) mass is 268 g/mol. The number of furan rings is 1. The molecule has 1 amide bonds. The summed E-state index contributed by atoms with van der Waals surface area (Å²) in [4.78, 5) is 23.0. The number of carbonyl (C=O) groups excluding carboxylic acids is 2. The van der Waals surface area contributed by atoms with Gasteiger partial charge in [-0.25, -0.2) is 4.79 Å². The van der Waals surface area contributed by atoms with Crippen molar-refractivity contribution in [2.45, 2.75) is 20.4 Å². The third-order valence-electron chi connectivity index (χ3n) is 2.84. The molecule has 1 aromatic rings. The number of methoxy groups -OCH3 is 1. The number of rotatable bonds is 6. The molecule has 106 valence electrons. The van der Waals surface area contributed by atoms with Crippen molar-refractivity contribution >= 4 is 11.9 Å². The van der Waals surface area contributed by atoms with Gasteiger partial charge in [-0.3, -0.25) is 4.79 Å². The molecule has 2 N–H and O–H groups in total. The first-order valence-corrected chi connectivity index (χ1v) is 6.00. The van der Waals surface area contributed by atoms with E-state index in [0.29, 0.717) is 18.7 Å². The van der Waals surface area contributed by atoms with Crippen LogP contribution in [0, 0.1) is 5.41 Å². The molecule has 6 nitrogen and oxygen atoms in total. The topological polar surface area (TPSA) is 80.6 Å². The van der Waals surface area contributed by atoms with Crippen molar-refractivity contribution < 1.29 is 18.7 Å². The van der Waals surface area contributed by atoms with Crippen LogP contribution in [0.1, 0.15) is 30.0 Å². The van der Waals surface area contributed by atoms with Gasteiger partial charge in [0, 0.05) is 25.7 Å². The van der Waals surface area contributed by atoms with Gasteiger partial charge < -0.3 is 19.8 Å². The van der Waals surface area contributed by atoms with Crippen molar-refractivity contribution in [3.8, 4) is 0 Å². The SMILES string of the molecule is CNC(=O)C(C)(C)CNCc1ccoc1C(=O)OC. The molecule has 0 atom stereocenters. The predicted octanol–water partition coefficient (Wildman–Crippen LogP) is 0.928. The zero-order chi connectivity index (χ0) is 14.5. The van der Waals surface area contributed by atoms with E-state index in [1.54, 1.807) is 13.1 Å². The van der Waals surface area contributed by atoms with Crippen LogP contribution in [0.15, 0.2) is 16.7 Å². The van der Waals surface area contributed by atoms with Gasteiger partial charge in [-0.05, 0) is 19.9 Å². The second kappa shape index (κ2) is 6.38. The van der Waals surface area contributed by atoms with Crippen LogP contribution in [0.3, 0.4) is 0 Å². The summed E-state index contributed by atoms with van der Waals surface area (Å²) < 4.78 is 9.69. The Morgan fingerprint density at radius 1 is 1.42 bits per heavy atom. The second-order valence-electron chi connectivity index (χ2n) is 4.83.